The molecule has 2 amide bonds. The van der Waals surface area contributed by atoms with E-state index in [1.165, 1.54) is 0 Å². The van der Waals surface area contributed by atoms with E-state index in [9.17, 15) is 9.59 Å². The highest BCUT2D eigenvalue weighted by atomic mass is 16.2. The molecule has 0 spiro atoms. The van der Waals surface area contributed by atoms with E-state index in [0.717, 1.165) is 27.9 Å². The van der Waals surface area contributed by atoms with Crippen molar-refractivity contribution in [3.63, 3.8) is 0 Å². The van der Waals surface area contributed by atoms with Crippen molar-refractivity contribution in [1.29, 1.82) is 0 Å². The van der Waals surface area contributed by atoms with E-state index in [4.69, 9.17) is 0 Å². The van der Waals surface area contributed by atoms with E-state index >= 15 is 0 Å². The van der Waals surface area contributed by atoms with Gasteiger partial charge in [0, 0.05) is 5.69 Å². The molecule has 3 aromatic rings. The van der Waals surface area contributed by atoms with Crippen LogP contribution in [0.4, 0.5) is 5.69 Å². The van der Waals surface area contributed by atoms with Crippen LogP contribution in [0.2, 0.25) is 0 Å². The van der Waals surface area contributed by atoms with Gasteiger partial charge in [-0.05, 0) is 56.1 Å². The number of carbonyl (C=O) groups is 2. The first-order valence-electron chi connectivity index (χ1n) is 10.8. The van der Waals surface area contributed by atoms with Crippen LogP contribution < -0.4 is 10.6 Å². The van der Waals surface area contributed by atoms with Crippen LogP contribution in [-0.4, -0.2) is 36.3 Å². The number of hydrogen-bond acceptors (Lipinski definition) is 3. The lowest BCUT2D eigenvalue weighted by Gasteiger charge is -2.27. The SMILES string of the molecule is Cc1cccc(NC(=O)CN(C)C(C)C(=O)NC(c2ccccc2)c2ccccc2)c1C. The molecule has 0 aliphatic carbocycles. The molecule has 5 nitrogen and oxygen atoms in total. The number of anilines is 1. The molecule has 0 aliphatic heterocycles. The third-order valence-corrected chi connectivity index (χ3v) is 5.86. The minimum absolute atomic E-state index is 0.114. The number of aryl methyl sites for hydroxylation is 1. The van der Waals surface area contributed by atoms with Crippen molar-refractivity contribution in [1.82, 2.24) is 10.2 Å². The molecule has 166 valence electrons. The van der Waals surface area contributed by atoms with Crippen molar-refractivity contribution in [2.45, 2.75) is 32.9 Å². The predicted octanol–water partition coefficient (Wildman–Crippen LogP) is 4.47. The minimum atomic E-state index is -0.478. The molecule has 0 fully saturated rings. The van der Waals surface area contributed by atoms with E-state index in [0.29, 0.717) is 0 Å². The Morgan fingerprint density at radius 3 is 1.97 bits per heavy atom. The average Bonchev–Trinajstić information content (AvgIpc) is 2.81. The maximum atomic E-state index is 13.1. The summed E-state index contributed by atoms with van der Waals surface area (Å²) in [5.74, 6) is -0.284. The van der Waals surface area contributed by atoms with Gasteiger partial charge in [-0.25, -0.2) is 0 Å². The topological polar surface area (TPSA) is 61.4 Å². The molecule has 0 aromatic heterocycles. The molecule has 0 aliphatic rings. The van der Waals surface area contributed by atoms with E-state index in [2.05, 4.69) is 10.6 Å². The van der Waals surface area contributed by atoms with Crippen molar-refractivity contribution in [3.8, 4) is 0 Å². The van der Waals surface area contributed by atoms with Crippen molar-refractivity contribution in [2.24, 2.45) is 0 Å². The predicted molar refractivity (Wildman–Crippen MR) is 130 cm³/mol. The first kappa shape index (κ1) is 23.2. The Morgan fingerprint density at radius 2 is 1.41 bits per heavy atom. The lowest BCUT2D eigenvalue weighted by atomic mass is 9.98. The minimum Gasteiger partial charge on any atom is -0.344 e. The van der Waals surface area contributed by atoms with Crippen LogP contribution in [0.25, 0.3) is 0 Å². The molecular formula is C27H31N3O2. The van der Waals surface area contributed by atoms with Gasteiger partial charge in [0.15, 0.2) is 0 Å². The number of amides is 2. The maximum Gasteiger partial charge on any atom is 0.238 e. The summed E-state index contributed by atoms with van der Waals surface area (Å²) in [5.41, 5.74) is 4.98. The van der Waals surface area contributed by atoms with Gasteiger partial charge in [0.2, 0.25) is 11.8 Å². The van der Waals surface area contributed by atoms with Gasteiger partial charge in [0.05, 0.1) is 18.6 Å². The number of hydrogen-bond donors (Lipinski definition) is 2. The first-order chi connectivity index (χ1) is 15.4. The number of likely N-dealkylation sites (N-methyl/N-ethyl adjacent to an activating group) is 1. The van der Waals surface area contributed by atoms with Gasteiger partial charge in [-0.3, -0.25) is 14.5 Å². The van der Waals surface area contributed by atoms with Gasteiger partial charge in [-0.1, -0.05) is 72.8 Å². The zero-order valence-electron chi connectivity index (χ0n) is 19.1. The Labute approximate surface area is 190 Å². The zero-order chi connectivity index (χ0) is 23.1. The molecule has 3 aromatic carbocycles. The van der Waals surface area contributed by atoms with Crippen molar-refractivity contribution >= 4 is 17.5 Å². The highest BCUT2D eigenvalue weighted by Crippen LogP contribution is 2.22. The standard InChI is InChI=1S/C27H31N3O2/c1-19-12-11-17-24(20(19)2)28-25(31)18-30(4)21(3)27(32)29-26(22-13-7-5-8-14-22)23-15-9-6-10-16-23/h5-17,21,26H,18H2,1-4H3,(H,28,31)(H,29,32). The summed E-state index contributed by atoms with van der Waals surface area (Å²) in [4.78, 5) is 27.4. The Bertz CT molecular complexity index is 1010. The number of carbonyl (C=O) groups excluding carboxylic acids is 2. The number of benzene rings is 3. The Kier molecular flexibility index (Phi) is 7.79. The smallest absolute Gasteiger partial charge is 0.238 e. The van der Waals surface area contributed by atoms with E-state index in [1.807, 2.05) is 99.6 Å². The fraction of sp³-hybridized carbons (Fsp3) is 0.259. The summed E-state index contributed by atoms with van der Waals surface area (Å²) in [6, 6.07) is 24.9. The highest BCUT2D eigenvalue weighted by Gasteiger charge is 2.24. The quantitative estimate of drug-likeness (QED) is 0.555. The van der Waals surface area contributed by atoms with Crippen LogP contribution in [0.15, 0.2) is 78.9 Å². The van der Waals surface area contributed by atoms with Crippen molar-refractivity contribution < 1.29 is 9.59 Å². The van der Waals surface area contributed by atoms with E-state index in [-0.39, 0.29) is 24.4 Å². The molecule has 0 heterocycles. The lowest BCUT2D eigenvalue weighted by molar-refractivity contribution is -0.127. The molecular weight excluding hydrogens is 398 g/mol. The van der Waals surface area contributed by atoms with Crippen molar-refractivity contribution in [2.75, 3.05) is 18.9 Å². The molecule has 3 rings (SSSR count). The van der Waals surface area contributed by atoms with Crippen LogP contribution >= 0.6 is 0 Å². The van der Waals surface area contributed by atoms with Crippen LogP contribution in [-0.2, 0) is 9.59 Å². The second-order valence-corrected chi connectivity index (χ2v) is 8.15. The molecule has 0 bridgehead atoms. The second-order valence-electron chi connectivity index (χ2n) is 8.15. The van der Waals surface area contributed by atoms with Gasteiger partial charge >= 0.3 is 0 Å². The average molecular weight is 430 g/mol. The molecule has 0 saturated carbocycles. The molecule has 0 radical (unpaired) electrons. The van der Waals surface area contributed by atoms with Crippen LogP contribution in [0.3, 0.4) is 0 Å². The third kappa shape index (κ3) is 5.83. The second kappa shape index (κ2) is 10.7. The summed E-state index contributed by atoms with van der Waals surface area (Å²) in [6.07, 6.45) is 0. The third-order valence-electron chi connectivity index (χ3n) is 5.86. The fourth-order valence-corrected chi connectivity index (χ4v) is 3.55. The normalized spacial score (nSPS) is 11.9. The van der Waals surface area contributed by atoms with Gasteiger partial charge < -0.3 is 10.6 Å². The Hall–Kier alpha value is -3.44. The molecule has 0 saturated heterocycles. The van der Waals surface area contributed by atoms with Crippen molar-refractivity contribution in [3.05, 3.63) is 101 Å². The number of nitrogens with one attached hydrogen (secondary N) is 2. The number of rotatable bonds is 8. The van der Waals surface area contributed by atoms with Gasteiger partial charge in [0.25, 0.3) is 0 Å². The highest BCUT2D eigenvalue weighted by molar-refractivity contribution is 5.93. The molecule has 1 unspecified atom stereocenters. The van der Waals surface area contributed by atoms with Gasteiger partial charge in [-0.15, -0.1) is 0 Å². The van der Waals surface area contributed by atoms with Crippen LogP contribution in [0, 0.1) is 13.8 Å². The molecule has 32 heavy (non-hydrogen) atoms. The van der Waals surface area contributed by atoms with Gasteiger partial charge in [-0.2, -0.15) is 0 Å². The maximum absolute atomic E-state index is 13.1. The Morgan fingerprint density at radius 1 is 0.844 bits per heavy atom. The molecule has 2 N–H and O–H groups in total. The molecule has 5 heteroatoms. The molecule has 1 atom stereocenters. The largest absolute Gasteiger partial charge is 0.344 e. The zero-order valence-corrected chi connectivity index (χ0v) is 19.1. The monoisotopic (exact) mass is 429 g/mol. The first-order valence-corrected chi connectivity index (χ1v) is 10.8. The van der Waals surface area contributed by atoms with E-state index in [1.54, 1.807) is 11.9 Å². The fourth-order valence-electron chi connectivity index (χ4n) is 3.55. The van der Waals surface area contributed by atoms with Gasteiger partial charge in [0.1, 0.15) is 0 Å². The van der Waals surface area contributed by atoms with Crippen LogP contribution in [0.1, 0.15) is 35.2 Å². The summed E-state index contributed by atoms with van der Waals surface area (Å²) in [7, 11) is 1.78. The summed E-state index contributed by atoms with van der Waals surface area (Å²) in [5, 5.41) is 6.11. The summed E-state index contributed by atoms with van der Waals surface area (Å²) in [6.45, 7) is 5.92. The lowest BCUT2D eigenvalue weighted by Crippen LogP contribution is -2.47. The van der Waals surface area contributed by atoms with E-state index < -0.39 is 6.04 Å². The summed E-state index contributed by atoms with van der Waals surface area (Å²) < 4.78 is 0. The number of nitrogens with zero attached hydrogens (tertiary/aromatic N) is 1. The Balaban J connectivity index is 1.66. The summed E-state index contributed by atoms with van der Waals surface area (Å²) >= 11 is 0. The van der Waals surface area contributed by atoms with Crippen LogP contribution in [0.5, 0.6) is 0 Å².